The SMILES string of the molecule is CNC(=O)c1cc(=O)n(CCN2CCC(NCc3ccc(C)c(F)c3)CC2)c2cc(OC)ccc12. The molecule has 2 heterocycles. The van der Waals surface area contributed by atoms with Crippen LogP contribution in [0, 0.1) is 12.7 Å². The Bertz CT molecular complexity index is 1270. The third-order valence-corrected chi connectivity index (χ3v) is 6.85. The quantitative estimate of drug-likeness (QED) is 0.518. The minimum absolute atomic E-state index is 0.164. The van der Waals surface area contributed by atoms with Crippen LogP contribution in [-0.4, -0.2) is 55.2 Å². The molecule has 1 fully saturated rings. The van der Waals surface area contributed by atoms with E-state index in [1.807, 2.05) is 24.3 Å². The Hall–Kier alpha value is -3.23. The summed E-state index contributed by atoms with van der Waals surface area (Å²) in [6, 6.07) is 12.6. The number of piperidine rings is 1. The van der Waals surface area contributed by atoms with Gasteiger partial charge in [0.15, 0.2) is 0 Å². The number of methoxy groups -OCH3 is 1. The molecule has 0 atom stereocenters. The molecule has 0 spiro atoms. The van der Waals surface area contributed by atoms with E-state index in [2.05, 4.69) is 15.5 Å². The molecule has 1 aromatic heterocycles. The molecular weight excluding hydrogens is 447 g/mol. The Morgan fingerprint density at radius 1 is 1.11 bits per heavy atom. The molecule has 2 aromatic carbocycles. The second kappa shape index (κ2) is 11.0. The lowest BCUT2D eigenvalue weighted by molar-refractivity contribution is 0.0964. The number of likely N-dealkylation sites (tertiary alicyclic amines) is 1. The van der Waals surface area contributed by atoms with Crippen LogP contribution in [0.4, 0.5) is 4.39 Å². The number of nitrogens with zero attached hydrogens (tertiary/aromatic N) is 2. The van der Waals surface area contributed by atoms with E-state index >= 15 is 0 Å². The minimum Gasteiger partial charge on any atom is -0.497 e. The number of aryl methyl sites for hydroxylation is 1. The molecule has 7 nitrogen and oxygen atoms in total. The fraction of sp³-hybridized carbons (Fsp3) is 0.407. The Labute approximate surface area is 204 Å². The normalized spacial score (nSPS) is 14.9. The highest BCUT2D eigenvalue weighted by molar-refractivity contribution is 6.06. The van der Waals surface area contributed by atoms with Gasteiger partial charge in [-0.3, -0.25) is 9.59 Å². The van der Waals surface area contributed by atoms with Crippen molar-refractivity contribution >= 4 is 16.8 Å². The van der Waals surface area contributed by atoms with Gasteiger partial charge in [-0.15, -0.1) is 0 Å². The average molecular weight is 481 g/mol. The van der Waals surface area contributed by atoms with Crippen LogP contribution in [-0.2, 0) is 13.1 Å². The summed E-state index contributed by atoms with van der Waals surface area (Å²) >= 11 is 0. The van der Waals surface area contributed by atoms with Crippen LogP contribution < -0.4 is 20.9 Å². The van der Waals surface area contributed by atoms with Crippen LogP contribution in [0.5, 0.6) is 5.75 Å². The number of halogens is 1. The first-order valence-corrected chi connectivity index (χ1v) is 12.0. The fourth-order valence-electron chi connectivity index (χ4n) is 4.65. The van der Waals surface area contributed by atoms with Crippen molar-refractivity contribution < 1.29 is 13.9 Å². The molecule has 0 unspecified atom stereocenters. The van der Waals surface area contributed by atoms with Crippen molar-refractivity contribution in [2.75, 3.05) is 33.8 Å². The monoisotopic (exact) mass is 480 g/mol. The molecule has 1 amide bonds. The van der Waals surface area contributed by atoms with E-state index in [1.54, 1.807) is 37.8 Å². The molecule has 35 heavy (non-hydrogen) atoms. The smallest absolute Gasteiger partial charge is 0.251 e. The first-order valence-electron chi connectivity index (χ1n) is 12.0. The Kier molecular flexibility index (Phi) is 7.83. The zero-order valence-electron chi connectivity index (χ0n) is 20.6. The van der Waals surface area contributed by atoms with Crippen LogP contribution in [0.3, 0.4) is 0 Å². The Balaban J connectivity index is 1.39. The summed E-state index contributed by atoms with van der Waals surface area (Å²) in [7, 11) is 3.14. The number of carbonyl (C=O) groups is 1. The number of hydrogen-bond donors (Lipinski definition) is 2. The van der Waals surface area contributed by atoms with Crippen LogP contribution in [0.25, 0.3) is 10.9 Å². The minimum atomic E-state index is -0.285. The van der Waals surface area contributed by atoms with Crippen LogP contribution in [0.15, 0.2) is 47.3 Å². The summed E-state index contributed by atoms with van der Waals surface area (Å²) in [6.45, 7) is 5.53. The highest BCUT2D eigenvalue weighted by Crippen LogP contribution is 2.23. The summed E-state index contributed by atoms with van der Waals surface area (Å²) in [6.07, 6.45) is 1.99. The summed E-state index contributed by atoms with van der Waals surface area (Å²) in [5, 5.41) is 6.88. The van der Waals surface area contributed by atoms with Gasteiger partial charge in [0.25, 0.3) is 11.5 Å². The molecule has 4 rings (SSSR count). The number of nitrogens with one attached hydrogen (secondary N) is 2. The van der Waals surface area contributed by atoms with E-state index in [-0.39, 0.29) is 17.3 Å². The van der Waals surface area contributed by atoms with Crippen molar-refractivity contribution in [2.45, 2.75) is 38.9 Å². The van der Waals surface area contributed by atoms with Gasteiger partial charge < -0.3 is 24.8 Å². The standard InChI is InChI=1S/C27H33FN4O3/c1-18-4-5-19(14-24(18)28)17-30-20-8-10-31(11-9-20)12-13-32-25-15-21(35-3)6-7-22(25)23(16-26(32)33)27(34)29-2/h4-7,14-16,20,30H,8-13,17H2,1-3H3,(H,29,34). The first kappa shape index (κ1) is 24.9. The Morgan fingerprint density at radius 2 is 1.89 bits per heavy atom. The second-order valence-corrected chi connectivity index (χ2v) is 9.09. The number of benzene rings is 2. The maximum atomic E-state index is 13.8. The molecule has 0 saturated carbocycles. The zero-order chi connectivity index (χ0) is 24.9. The van der Waals surface area contributed by atoms with Crippen molar-refractivity contribution in [2.24, 2.45) is 0 Å². The number of carbonyl (C=O) groups excluding carboxylic acids is 1. The van der Waals surface area contributed by atoms with E-state index in [4.69, 9.17) is 4.74 Å². The summed E-state index contributed by atoms with van der Waals surface area (Å²) in [5.41, 5.74) is 2.48. The number of aromatic nitrogens is 1. The van der Waals surface area contributed by atoms with E-state index in [0.717, 1.165) is 43.4 Å². The highest BCUT2D eigenvalue weighted by atomic mass is 19.1. The third kappa shape index (κ3) is 5.71. The lowest BCUT2D eigenvalue weighted by Gasteiger charge is -2.32. The highest BCUT2D eigenvalue weighted by Gasteiger charge is 2.20. The second-order valence-electron chi connectivity index (χ2n) is 9.09. The van der Waals surface area contributed by atoms with E-state index in [0.29, 0.717) is 41.5 Å². The number of fused-ring (bicyclic) bond motifs is 1. The number of rotatable bonds is 8. The van der Waals surface area contributed by atoms with Crippen molar-refractivity contribution in [3.63, 3.8) is 0 Å². The van der Waals surface area contributed by atoms with Gasteiger partial charge in [-0.05, 0) is 62.2 Å². The Morgan fingerprint density at radius 3 is 2.57 bits per heavy atom. The van der Waals surface area contributed by atoms with Gasteiger partial charge in [-0.2, -0.15) is 0 Å². The molecule has 3 aromatic rings. The zero-order valence-corrected chi connectivity index (χ0v) is 20.6. The molecule has 0 radical (unpaired) electrons. The predicted octanol–water partition coefficient (Wildman–Crippen LogP) is 3.07. The molecule has 186 valence electrons. The van der Waals surface area contributed by atoms with Gasteiger partial charge in [-0.1, -0.05) is 12.1 Å². The summed E-state index contributed by atoms with van der Waals surface area (Å²) in [5.74, 6) is 0.190. The summed E-state index contributed by atoms with van der Waals surface area (Å²) < 4.78 is 20.9. The lowest BCUT2D eigenvalue weighted by Crippen LogP contribution is -2.43. The maximum Gasteiger partial charge on any atom is 0.251 e. The summed E-state index contributed by atoms with van der Waals surface area (Å²) in [4.78, 5) is 27.6. The van der Waals surface area contributed by atoms with Gasteiger partial charge in [-0.25, -0.2) is 4.39 Å². The third-order valence-electron chi connectivity index (χ3n) is 6.85. The van der Waals surface area contributed by atoms with Gasteiger partial charge in [0.2, 0.25) is 0 Å². The molecule has 2 N–H and O–H groups in total. The number of ether oxygens (including phenoxy) is 1. The van der Waals surface area contributed by atoms with Crippen LogP contribution in [0.2, 0.25) is 0 Å². The van der Waals surface area contributed by atoms with Gasteiger partial charge >= 0.3 is 0 Å². The topological polar surface area (TPSA) is 75.6 Å². The average Bonchev–Trinajstić information content (AvgIpc) is 2.88. The molecular formula is C27H33FN4O3. The van der Waals surface area contributed by atoms with E-state index in [1.165, 1.54) is 6.07 Å². The molecule has 1 aliphatic rings. The van der Waals surface area contributed by atoms with Crippen molar-refractivity contribution in [1.82, 2.24) is 20.1 Å². The maximum absolute atomic E-state index is 13.8. The molecule has 1 saturated heterocycles. The van der Waals surface area contributed by atoms with Crippen LogP contribution >= 0.6 is 0 Å². The molecule has 0 aliphatic carbocycles. The van der Waals surface area contributed by atoms with Crippen LogP contribution in [0.1, 0.15) is 34.3 Å². The lowest BCUT2D eigenvalue weighted by atomic mass is 10.0. The van der Waals surface area contributed by atoms with E-state index in [9.17, 15) is 14.0 Å². The van der Waals surface area contributed by atoms with Gasteiger partial charge in [0, 0.05) is 50.2 Å². The van der Waals surface area contributed by atoms with Gasteiger partial charge in [0.1, 0.15) is 11.6 Å². The fourth-order valence-corrected chi connectivity index (χ4v) is 4.65. The number of hydrogen-bond acceptors (Lipinski definition) is 5. The van der Waals surface area contributed by atoms with Crippen molar-refractivity contribution in [3.05, 3.63) is 75.3 Å². The van der Waals surface area contributed by atoms with Crippen molar-refractivity contribution in [1.29, 1.82) is 0 Å². The predicted molar refractivity (Wildman–Crippen MR) is 136 cm³/mol. The number of pyridine rings is 1. The van der Waals surface area contributed by atoms with Crippen molar-refractivity contribution in [3.8, 4) is 5.75 Å². The molecule has 1 aliphatic heterocycles. The number of amides is 1. The van der Waals surface area contributed by atoms with Gasteiger partial charge in [0.05, 0.1) is 18.2 Å². The largest absolute Gasteiger partial charge is 0.497 e. The first-order chi connectivity index (χ1) is 16.9. The van der Waals surface area contributed by atoms with E-state index < -0.39 is 0 Å². The molecule has 0 bridgehead atoms. The molecule has 8 heteroatoms.